The number of anilines is 2. The molecular formula is C30H40N4O8. The number of nitrogens with one attached hydrogen (secondary N) is 2. The Morgan fingerprint density at radius 2 is 1.79 bits per heavy atom. The number of amides is 2. The summed E-state index contributed by atoms with van der Waals surface area (Å²) < 4.78 is 0. The van der Waals surface area contributed by atoms with Crippen molar-refractivity contribution in [2.45, 2.75) is 58.6 Å². The number of aliphatic hydroxyl groups excluding tert-OH is 2. The summed E-state index contributed by atoms with van der Waals surface area (Å²) in [5.41, 5.74) is 2.13. The van der Waals surface area contributed by atoms with Crippen molar-refractivity contribution in [3.63, 3.8) is 0 Å². The number of fused-ring (bicyclic) bond motifs is 3. The molecule has 12 nitrogen and oxygen atoms in total. The number of carbonyl (C=O) groups excluding carboxylic acids is 4. The molecule has 1 unspecified atom stereocenters. The standard InChI is InChI=1S/C30H40N4O8/c1-12(2)19-15-9-13-8-14-17(34(6)7)10-16(33-18(35)11-32-29(3,4)5)23(36)21(14)25(38)20(13)26(39)30(15,42)27(40)22(24(19)37)28(31)41/h10,12-13,15,19,32,36-37,39,42H,8-9,11H2,1-7H3,(H2,31,41)(H,33,35)/t13-,15-,19-,30?/m0/s1. The molecule has 42 heavy (non-hydrogen) atoms. The van der Waals surface area contributed by atoms with Crippen LogP contribution in [0.15, 0.2) is 28.7 Å². The number of allylic oxidation sites excluding steroid dienone is 2. The number of nitrogens with two attached hydrogens (primary N) is 1. The molecule has 228 valence electrons. The number of rotatable bonds is 6. The van der Waals surface area contributed by atoms with Crippen LogP contribution in [0.2, 0.25) is 0 Å². The monoisotopic (exact) mass is 584 g/mol. The van der Waals surface area contributed by atoms with E-state index in [2.05, 4.69) is 10.6 Å². The number of hydrogen-bond acceptors (Lipinski definition) is 10. The first kappa shape index (κ1) is 31.0. The van der Waals surface area contributed by atoms with Gasteiger partial charge in [0.1, 0.15) is 17.1 Å². The second-order valence-electron chi connectivity index (χ2n) is 13.0. The van der Waals surface area contributed by atoms with E-state index in [9.17, 15) is 39.6 Å². The van der Waals surface area contributed by atoms with E-state index in [1.165, 1.54) is 0 Å². The van der Waals surface area contributed by atoms with Gasteiger partial charge in [-0.3, -0.25) is 19.2 Å². The third-order valence-corrected chi connectivity index (χ3v) is 8.48. The zero-order chi connectivity index (χ0) is 31.6. The fraction of sp³-hybridized carbons (Fsp3) is 0.533. The number of aromatic hydroxyl groups is 1. The van der Waals surface area contributed by atoms with Crippen LogP contribution >= 0.6 is 0 Å². The van der Waals surface area contributed by atoms with Crippen LogP contribution in [-0.4, -0.2) is 75.6 Å². The van der Waals surface area contributed by atoms with Crippen LogP contribution < -0.4 is 21.3 Å². The van der Waals surface area contributed by atoms with E-state index in [1.807, 2.05) is 20.8 Å². The molecule has 0 saturated heterocycles. The summed E-state index contributed by atoms with van der Waals surface area (Å²) in [6.07, 6.45) is 0.177. The highest BCUT2D eigenvalue weighted by atomic mass is 16.3. The number of benzene rings is 1. The van der Waals surface area contributed by atoms with E-state index >= 15 is 0 Å². The fourth-order valence-electron chi connectivity index (χ4n) is 6.58. The Labute approximate surface area is 244 Å². The molecule has 2 amide bonds. The molecule has 4 atom stereocenters. The summed E-state index contributed by atoms with van der Waals surface area (Å²) in [6, 6.07) is 1.57. The van der Waals surface area contributed by atoms with Gasteiger partial charge in [-0.25, -0.2) is 0 Å². The Morgan fingerprint density at radius 3 is 2.31 bits per heavy atom. The number of hydrogen-bond donors (Lipinski definition) is 7. The molecule has 0 heterocycles. The summed E-state index contributed by atoms with van der Waals surface area (Å²) in [5, 5.41) is 51.2. The quantitative estimate of drug-likeness (QED) is 0.191. The highest BCUT2D eigenvalue weighted by molar-refractivity contribution is 6.25. The molecule has 8 N–H and O–H groups in total. The average Bonchev–Trinajstić information content (AvgIpc) is 2.85. The summed E-state index contributed by atoms with van der Waals surface area (Å²) in [7, 11) is 3.49. The second-order valence-corrected chi connectivity index (χ2v) is 13.0. The Kier molecular flexibility index (Phi) is 7.71. The van der Waals surface area contributed by atoms with Gasteiger partial charge in [0, 0.05) is 42.7 Å². The fourth-order valence-corrected chi connectivity index (χ4v) is 6.58. The van der Waals surface area contributed by atoms with E-state index < -0.39 is 69.6 Å². The molecule has 3 aliphatic carbocycles. The molecule has 0 spiro atoms. The van der Waals surface area contributed by atoms with Crippen molar-refractivity contribution in [3.8, 4) is 5.75 Å². The van der Waals surface area contributed by atoms with E-state index in [0.717, 1.165) is 0 Å². The van der Waals surface area contributed by atoms with Crippen LogP contribution in [0.25, 0.3) is 0 Å². The molecule has 0 bridgehead atoms. The molecule has 4 rings (SSSR count). The number of ketones is 2. The Balaban J connectivity index is 1.87. The maximum absolute atomic E-state index is 14.1. The number of carbonyl (C=O) groups is 4. The van der Waals surface area contributed by atoms with Crippen molar-refractivity contribution in [2.75, 3.05) is 30.9 Å². The summed E-state index contributed by atoms with van der Waals surface area (Å²) in [4.78, 5) is 54.2. The van der Waals surface area contributed by atoms with Gasteiger partial charge in [0.15, 0.2) is 17.1 Å². The number of phenols is 1. The lowest BCUT2D eigenvalue weighted by atomic mass is 9.55. The lowest BCUT2D eigenvalue weighted by Crippen LogP contribution is -2.60. The third-order valence-electron chi connectivity index (χ3n) is 8.48. The Morgan fingerprint density at radius 1 is 1.17 bits per heavy atom. The first-order valence-electron chi connectivity index (χ1n) is 13.9. The van der Waals surface area contributed by atoms with Gasteiger partial charge < -0.3 is 41.7 Å². The van der Waals surface area contributed by atoms with Crippen LogP contribution in [0.4, 0.5) is 11.4 Å². The molecular weight excluding hydrogens is 544 g/mol. The molecule has 0 fully saturated rings. The normalized spacial score (nSPS) is 25.7. The smallest absolute Gasteiger partial charge is 0.255 e. The van der Waals surface area contributed by atoms with E-state index in [0.29, 0.717) is 11.3 Å². The molecule has 0 aromatic heterocycles. The molecule has 1 aromatic carbocycles. The van der Waals surface area contributed by atoms with Gasteiger partial charge >= 0.3 is 0 Å². The van der Waals surface area contributed by atoms with E-state index in [-0.39, 0.29) is 47.7 Å². The zero-order valence-electron chi connectivity index (χ0n) is 25.0. The largest absolute Gasteiger partial charge is 0.511 e. The lowest BCUT2D eigenvalue weighted by Gasteiger charge is -2.50. The van der Waals surface area contributed by atoms with Crippen molar-refractivity contribution < 1.29 is 39.6 Å². The van der Waals surface area contributed by atoms with Crippen molar-refractivity contribution in [2.24, 2.45) is 29.4 Å². The predicted octanol–water partition coefficient (Wildman–Crippen LogP) is 1.86. The highest BCUT2D eigenvalue weighted by Crippen LogP contribution is 2.55. The van der Waals surface area contributed by atoms with Crippen molar-refractivity contribution in [1.82, 2.24) is 5.32 Å². The highest BCUT2D eigenvalue weighted by Gasteiger charge is 2.63. The van der Waals surface area contributed by atoms with Crippen LogP contribution in [-0.2, 0) is 20.8 Å². The summed E-state index contributed by atoms with van der Waals surface area (Å²) in [6.45, 7) is 9.09. The minimum absolute atomic E-state index is 0.0186. The SMILES string of the molecule is CC(C)[C@@H]1C(O)=C(C(N)=O)C(=O)C2(O)C(O)=C3C(=O)c4c(O)c(NC(=O)CNC(C)(C)C)cc(N(C)C)c4C[C@H]3C[C@@H]12. The van der Waals surface area contributed by atoms with Gasteiger partial charge in [0.2, 0.25) is 11.7 Å². The average molecular weight is 585 g/mol. The van der Waals surface area contributed by atoms with Gasteiger partial charge in [0.05, 0.1) is 17.8 Å². The number of Topliss-reactive ketones (excluding diaryl/α,β-unsaturated/α-hetero) is 2. The third kappa shape index (κ3) is 4.82. The first-order chi connectivity index (χ1) is 19.3. The molecule has 0 saturated carbocycles. The zero-order valence-corrected chi connectivity index (χ0v) is 25.0. The summed E-state index contributed by atoms with van der Waals surface area (Å²) in [5.74, 6) is -8.79. The van der Waals surface area contributed by atoms with Gasteiger partial charge in [-0.1, -0.05) is 13.8 Å². The maximum atomic E-state index is 14.1. The summed E-state index contributed by atoms with van der Waals surface area (Å²) >= 11 is 0. The van der Waals surface area contributed by atoms with Gasteiger partial charge in [-0.05, 0) is 57.1 Å². The first-order valence-corrected chi connectivity index (χ1v) is 13.9. The number of nitrogens with zero attached hydrogens (tertiary/aromatic N) is 1. The van der Waals surface area contributed by atoms with Crippen molar-refractivity contribution in [1.29, 1.82) is 0 Å². The van der Waals surface area contributed by atoms with Crippen molar-refractivity contribution in [3.05, 3.63) is 39.9 Å². The number of phenolic OH excluding ortho intramolecular Hbond substituents is 1. The Hall–Kier alpha value is -3.90. The molecule has 0 radical (unpaired) electrons. The molecule has 12 heteroatoms. The minimum atomic E-state index is -2.69. The van der Waals surface area contributed by atoms with E-state index in [4.69, 9.17) is 5.73 Å². The lowest BCUT2D eigenvalue weighted by molar-refractivity contribution is -0.149. The van der Waals surface area contributed by atoms with E-state index in [1.54, 1.807) is 38.9 Å². The van der Waals surface area contributed by atoms with Gasteiger partial charge in [-0.15, -0.1) is 0 Å². The maximum Gasteiger partial charge on any atom is 0.255 e. The van der Waals surface area contributed by atoms with Crippen LogP contribution in [0.1, 0.15) is 57.0 Å². The van der Waals surface area contributed by atoms with Crippen LogP contribution in [0.3, 0.4) is 0 Å². The van der Waals surface area contributed by atoms with Crippen LogP contribution in [0.5, 0.6) is 5.75 Å². The predicted molar refractivity (Wildman–Crippen MR) is 155 cm³/mol. The Bertz CT molecular complexity index is 1450. The van der Waals surface area contributed by atoms with Crippen LogP contribution in [0, 0.1) is 23.7 Å². The van der Waals surface area contributed by atoms with Crippen molar-refractivity contribution >= 4 is 34.8 Å². The van der Waals surface area contributed by atoms with Gasteiger partial charge in [0.25, 0.3) is 5.91 Å². The minimum Gasteiger partial charge on any atom is -0.511 e. The van der Waals surface area contributed by atoms with Gasteiger partial charge in [-0.2, -0.15) is 0 Å². The molecule has 0 aliphatic heterocycles. The topological polar surface area (TPSA) is 203 Å². The second kappa shape index (κ2) is 10.4. The molecule has 1 aromatic rings. The molecule has 3 aliphatic rings. The number of aliphatic hydroxyl groups is 3. The number of primary amides is 1.